The van der Waals surface area contributed by atoms with Gasteiger partial charge in [0.25, 0.3) is 5.22 Å². The van der Waals surface area contributed by atoms with Gasteiger partial charge in [-0.05, 0) is 17.7 Å². The van der Waals surface area contributed by atoms with E-state index in [1.807, 2.05) is 0 Å². The Bertz CT molecular complexity index is 623. The molecule has 3 nitrogen and oxygen atoms in total. The fraction of sp³-hybridized carbons (Fsp3) is 0.231. The van der Waals surface area contributed by atoms with Crippen molar-refractivity contribution in [3.05, 3.63) is 53.4 Å². The number of rotatable bonds is 6. The van der Waals surface area contributed by atoms with Crippen molar-refractivity contribution in [1.82, 2.24) is 10.2 Å². The van der Waals surface area contributed by atoms with Crippen LogP contribution in [0.3, 0.4) is 0 Å². The summed E-state index contributed by atoms with van der Waals surface area (Å²) in [4.78, 5) is 0. The Kier molecular flexibility index (Phi) is 5.38. The lowest BCUT2D eigenvalue weighted by Gasteiger charge is -1.96. The summed E-state index contributed by atoms with van der Waals surface area (Å²) in [6, 6.07) is 5.83. The lowest BCUT2D eigenvalue weighted by Crippen LogP contribution is -1.88. The first-order valence-corrected chi connectivity index (χ1v) is 6.92. The molecule has 0 saturated heterocycles. The van der Waals surface area contributed by atoms with Gasteiger partial charge in [-0.3, -0.25) is 0 Å². The molecule has 0 saturated carbocycles. The molecule has 1 aromatic carbocycles. The summed E-state index contributed by atoms with van der Waals surface area (Å²) in [7, 11) is 0. The van der Waals surface area contributed by atoms with Gasteiger partial charge in [-0.15, -0.1) is 10.2 Å². The molecule has 0 amide bonds. The van der Waals surface area contributed by atoms with E-state index in [-0.39, 0.29) is 16.8 Å². The summed E-state index contributed by atoms with van der Waals surface area (Å²) in [5.41, 5.74) is 0.796. The van der Waals surface area contributed by atoms with Crippen molar-refractivity contribution >= 4 is 11.8 Å². The summed E-state index contributed by atoms with van der Waals surface area (Å²) < 4.78 is 54.3. The highest BCUT2D eigenvalue weighted by Crippen LogP contribution is 2.22. The topological polar surface area (TPSA) is 38.9 Å². The van der Waals surface area contributed by atoms with Crippen LogP contribution in [0.1, 0.15) is 17.9 Å². The number of nitrogens with zero attached hydrogens (tertiary/aromatic N) is 2. The summed E-state index contributed by atoms with van der Waals surface area (Å²) in [6.45, 7) is 0. The van der Waals surface area contributed by atoms with Crippen LogP contribution in [0, 0.1) is 5.82 Å². The number of thioether (sulfide) groups is 1. The van der Waals surface area contributed by atoms with Crippen LogP contribution in [-0.2, 0) is 6.42 Å². The van der Waals surface area contributed by atoms with Crippen molar-refractivity contribution in [3.8, 4) is 0 Å². The maximum atomic E-state index is 12.7. The zero-order valence-electron chi connectivity index (χ0n) is 10.7. The van der Waals surface area contributed by atoms with Crippen LogP contribution < -0.4 is 0 Å². The summed E-state index contributed by atoms with van der Waals surface area (Å²) in [5.74, 6) is -1.39. The lowest BCUT2D eigenvalue weighted by molar-refractivity contribution is 0.373. The highest BCUT2D eigenvalue weighted by Gasteiger charge is 2.10. The third kappa shape index (κ3) is 4.89. The van der Waals surface area contributed by atoms with E-state index in [0.29, 0.717) is 12.3 Å². The molecule has 21 heavy (non-hydrogen) atoms. The molecule has 0 bridgehead atoms. The Labute approximate surface area is 122 Å². The maximum Gasteiger partial charge on any atom is 0.301 e. The zero-order valence-corrected chi connectivity index (χ0v) is 11.5. The Morgan fingerprint density at radius 2 is 1.81 bits per heavy atom. The molecule has 0 atom stereocenters. The first kappa shape index (κ1) is 15.6. The van der Waals surface area contributed by atoms with Gasteiger partial charge in [0.15, 0.2) is 5.83 Å². The second-order valence-electron chi connectivity index (χ2n) is 4.03. The molecule has 0 aliphatic carbocycles. The van der Waals surface area contributed by atoms with Crippen molar-refractivity contribution in [1.29, 1.82) is 0 Å². The minimum Gasteiger partial charge on any atom is -0.416 e. The number of benzene rings is 1. The van der Waals surface area contributed by atoms with E-state index in [9.17, 15) is 17.6 Å². The first-order valence-electron chi connectivity index (χ1n) is 5.94. The molecule has 0 aliphatic heterocycles. The number of hydrogen-bond acceptors (Lipinski definition) is 4. The summed E-state index contributed by atoms with van der Waals surface area (Å²) in [6.07, 6.45) is -2.37. The van der Waals surface area contributed by atoms with Crippen LogP contribution in [0.15, 0.2) is 45.8 Å². The number of aromatic nitrogens is 2. The van der Waals surface area contributed by atoms with E-state index in [2.05, 4.69) is 10.2 Å². The van der Waals surface area contributed by atoms with Gasteiger partial charge >= 0.3 is 6.08 Å². The molecule has 0 N–H and O–H groups in total. The molecule has 2 rings (SSSR count). The van der Waals surface area contributed by atoms with E-state index in [1.165, 1.54) is 12.1 Å². The minimum absolute atomic E-state index is 0.0708. The SMILES string of the molecule is FC(F)=C(F)CCSc1nnc(Cc2ccc(F)cc2)o1. The third-order valence-corrected chi connectivity index (χ3v) is 3.29. The average molecular weight is 318 g/mol. The molecule has 0 aliphatic rings. The van der Waals surface area contributed by atoms with Gasteiger partial charge in [-0.2, -0.15) is 8.78 Å². The van der Waals surface area contributed by atoms with Crippen LogP contribution in [0.5, 0.6) is 0 Å². The molecule has 1 heterocycles. The number of hydrogen-bond donors (Lipinski definition) is 0. The maximum absolute atomic E-state index is 12.7. The van der Waals surface area contributed by atoms with Crippen LogP contribution in [0.2, 0.25) is 0 Å². The van der Waals surface area contributed by atoms with Crippen molar-refractivity contribution in [2.75, 3.05) is 5.75 Å². The molecular formula is C13H10F4N2OS. The highest BCUT2D eigenvalue weighted by molar-refractivity contribution is 7.99. The molecular weight excluding hydrogens is 308 g/mol. The van der Waals surface area contributed by atoms with Crippen molar-refractivity contribution in [2.45, 2.75) is 18.1 Å². The second kappa shape index (κ2) is 7.26. The van der Waals surface area contributed by atoms with Gasteiger partial charge < -0.3 is 4.42 Å². The Hall–Kier alpha value is -1.83. The average Bonchev–Trinajstić information content (AvgIpc) is 2.89. The fourth-order valence-electron chi connectivity index (χ4n) is 1.47. The highest BCUT2D eigenvalue weighted by atomic mass is 32.2. The van der Waals surface area contributed by atoms with Crippen LogP contribution >= 0.6 is 11.8 Å². The molecule has 8 heteroatoms. The second-order valence-corrected chi connectivity index (χ2v) is 5.07. The third-order valence-electron chi connectivity index (χ3n) is 2.47. The summed E-state index contributed by atoms with van der Waals surface area (Å²) in [5, 5.41) is 7.68. The van der Waals surface area contributed by atoms with E-state index in [0.717, 1.165) is 17.3 Å². The van der Waals surface area contributed by atoms with Gasteiger partial charge in [0.1, 0.15) is 5.82 Å². The van der Waals surface area contributed by atoms with Gasteiger partial charge in [0, 0.05) is 12.2 Å². The molecule has 112 valence electrons. The standard InChI is InChI=1S/C13H10F4N2OS/c14-9-3-1-8(2-4-9)7-11-18-19-13(20-11)21-6-5-10(15)12(16)17/h1-4H,5-7H2. The monoisotopic (exact) mass is 318 g/mol. The smallest absolute Gasteiger partial charge is 0.301 e. The number of allylic oxidation sites excluding steroid dienone is 1. The van der Waals surface area contributed by atoms with Gasteiger partial charge in [-0.1, -0.05) is 23.9 Å². The normalized spacial score (nSPS) is 10.7. The van der Waals surface area contributed by atoms with Gasteiger partial charge in [-0.25, -0.2) is 8.78 Å². The fourth-order valence-corrected chi connectivity index (χ4v) is 2.18. The molecule has 0 spiro atoms. The van der Waals surface area contributed by atoms with E-state index in [4.69, 9.17) is 4.42 Å². The quantitative estimate of drug-likeness (QED) is 0.586. The predicted octanol–water partition coefficient (Wildman–Crippen LogP) is 4.36. The van der Waals surface area contributed by atoms with Crippen molar-refractivity contribution in [3.63, 3.8) is 0 Å². The molecule has 0 unspecified atom stereocenters. The molecule has 2 aromatic rings. The summed E-state index contributed by atoms with van der Waals surface area (Å²) >= 11 is 0.992. The molecule has 0 radical (unpaired) electrons. The van der Waals surface area contributed by atoms with Crippen molar-refractivity contribution in [2.24, 2.45) is 0 Å². The molecule has 0 fully saturated rings. The Morgan fingerprint density at radius 3 is 2.48 bits per heavy atom. The van der Waals surface area contributed by atoms with Gasteiger partial charge in [0.05, 0.1) is 6.42 Å². The van der Waals surface area contributed by atoms with E-state index >= 15 is 0 Å². The van der Waals surface area contributed by atoms with Crippen LogP contribution in [0.4, 0.5) is 17.6 Å². The minimum atomic E-state index is -2.31. The van der Waals surface area contributed by atoms with Crippen molar-refractivity contribution < 1.29 is 22.0 Å². The Morgan fingerprint density at radius 1 is 1.10 bits per heavy atom. The van der Waals surface area contributed by atoms with E-state index < -0.39 is 18.3 Å². The number of halogens is 4. The lowest BCUT2D eigenvalue weighted by atomic mass is 10.1. The van der Waals surface area contributed by atoms with Crippen LogP contribution in [0.25, 0.3) is 0 Å². The van der Waals surface area contributed by atoms with E-state index in [1.54, 1.807) is 12.1 Å². The Balaban J connectivity index is 1.87. The van der Waals surface area contributed by atoms with Crippen LogP contribution in [-0.4, -0.2) is 16.0 Å². The first-order chi connectivity index (χ1) is 10.0. The predicted molar refractivity (Wildman–Crippen MR) is 69.2 cm³/mol. The zero-order chi connectivity index (χ0) is 15.2. The molecule has 1 aromatic heterocycles. The largest absolute Gasteiger partial charge is 0.416 e. The van der Waals surface area contributed by atoms with Gasteiger partial charge in [0.2, 0.25) is 5.89 Å².